The van der Waals surface area contributed by atoms with Crippen LogP contribution in [0.3, 0.4) is 0 Å². The molecule has 0 amide bonds. The molecule has 12 heavy (non-hydrogen) atoms. The fraction of sp³-hybridized carbons (Fsp3) is 0.917. The summed E-state index contributed by atoms with van der Waals surface area (Å²) in [6, 6.07) is 0. The maximum absolute atomic E-state index is 4.40. The molecular weight excluding hydrogens is 144 g/mol. The summed E-state index contributed by atoms with van der Waals surface area (Å²) in [5.74, 6) is 2.79. The van der Waals surface area contributed by atoms with Gasteiger partial charge in [-0.2, -0.15) is 0 Å². The molecule has 0 aromatic carbocycles. The highest BCUT2D eigenvalue weighted by Crippen LogP contribution is 2.40. The molecule has 0 spiro atoms. The highest BCUT2D eigenvalue weighted by Gasteiger charge is 2.29. The Morgan fingerprint density at radius 2 is 1.08 bits per heavy atom. The van der Waals surface area contributed by atoms with E-state index in [-0.39, 0.29) is 0 Å². The Bertz CT molecular complexity index is 111. The van der Waals surface area contributed by atoms with Crippen LogP contribution in [-0.4, -0.2) is 0 Å². The van der Waals surface area contributed by atoms with Crippen LogP contribution in [0.15, 0.2) is 0 Å². The second-order valence-electron chi connectivity index (χ2n) is 4.75. The molecule has 2 rings (SSSR count). The minimum absolute atomic E-state index is 0.801. The fourth-order valence-electron chi connectivity index (χ4n) is 3.16. The molecule has 0 aromatic rings. The van der Waals surface area contributed by atoms with Crippen molar-refractivity contribution in [3.8, 4) is 0 Å². The summed E-state index contributed by atoms with van der Waals surface area (Å²) in [4.78, 5) is 0. The van der Waals surface area contributed by atoms with Gasteiger partial charge < -0.3 is 0 Å². The van der Waals surface area contributed by atoms with Crippen LogP contribution in [0, 0.1) is 24.7 Å². The zero-order valence-corrected chi connectivity index (χ0v) is 8.10. The molecular formula is C12H21. The van der Waals surface area contributed by atoms with Crippen molar-refractivity contribution >= 4 is 0 Å². The SMILES string of the molecule is [CH2]C(C1CCCC1)C1CCCC1. The summed E-state index contributed by atoms with van der Waals surface area (Å²) in [5, 5.41) is 0. The van der Waals surface area contributed by atoms with Crippen LogP contribution in [0.1, 0.15) is 51.4 Å². The minimum atomic E-state index is 0.801. The molecule has 2 fully saturated rings. The first-order chi connectivity index (χ1) is 5.88. The summed E-state index contributed by atoms with van der Waals surface area (Å²) < 4.78 is 0. The van der Waals surface area contributed by atoms with E-state index < -0.39 is 0 Å². The first-order valence-corrected chi connectivity index (χ1v) is 5.71. The highest BCUT2D eigenvalue weighted by molar-refractivity contribution is 4.84. The Hall–Kier alpha value is 0. The number of hydrogen-bond donors (Lipinski definition) is 0. The van der Waals surface area contributed by atoms with Crippen LogP contribution in [0.25, 0.3) is 0 Å². The van der Waals surface area contributed by atoms with Crippen molar-refractivity contribution < 1.29 is 0 Å². The molecule has 0 aromatic heterocycles. The maximum atomic E-state index is 4.40. The molecule has 69 valence electrons. The van der Waals surface area contributed by atoms with E-state index in [0.29, 0.717) is 0 Å². The lowest BCUT2D eigenvalue weighted by Crippen LogP contribution is -2.16. The topological polar surface area (TPSA) is 0 Å². The Kier molecular flexibility index (Phi) is 2.73. The zero-order valence-electron chi connectivity index (χ0n) is 8.10. The van der Waals surface area contributed by atoms with Gasteiger partial charge in [-0.15, -0.1) is 0 Å². The molecule has 0 atom stereocenters. The van der Waals surface area contributed by atoms with Gasteiger partial charge in [-0.1, -0.05) is 51.4 Å². The summed E-state index contributed by atoms with van der Waals surface area (Å²) in [7, 11) is 0. The van der Waals surface area contributed by atoms with Crippen LogP contribution in [0.2, 0.25) is 0 Å². The molecule has 0 aliphatic heterocycles. The molecule has 0 nitrogen and oxygen atoms in total. The van der Waals surface area contributed by atoms with Crippen LogP contribution in [0.4, 0.5) is 0 Å². The van der Waals surface area contributed by atoms with E-state index in [1.165, 1.54) is 51.4 Å². The fourth-order valence-corrected chi connectivity index (χ4v) is 3.16. The molecule has 0 N–H and O–H groups in total. The van der Waals surface area contributed by atoms with Gasteiger partial charge in [0.2, 0.25) is 0 Å². The first kappa shape index (κ1) is 8.59. The van der Waals surface area contributed by atoms with Gasteiger partial charge in [0, 0.05) is 0 Å². The third-order valence-corrected chi connectivity index (χ3v) is 4.01. The molecule has 0 heteroatoms. The molecule has 0 saturated heterocycles. The van der Waals surface area contributed by atoms with E-state index in [4.69, 9.17) is 0 Å². The lowest BCUT2D eigenvalue weighted by molar-refractivity contribution is 0.284. The number of rotatable bonds is 2. The summed E-state index contributed by atoms with van der Waals surface area (Å²) >= 11 is 0. The lowest BCUT2D eigenvalue weighted by atomic mass is 9.81. The van der Waals surface area contributed by atoms with E-state index >= 15 is 0 Å². The van der Waals surface area contributed by atoms with Gasteiger partial charge in [0.25, 0.3) is 0 Å². The quantitative estimate of drug-likeness (QED) is 0.583. The van der Waals surface area contributed by atoms with Crippen LogP contribution < -0.4 is 0 Å². The smallest absolute Gasteiger partial charge is 0.0357 e. The lowest BCUT2D eigenvalue weighted by Gasteiger charge is -2.24. The van der Waals surface area contributed by atoms with E-state index in [9.17, 15) is 0 Å². The Morgan fingerprint density at radius 1 is 0.750 bits per heavy atom. The number of hydrogen-bond acceptors (Lipinski definition) is 0. The van der Waals surface area contributed by atoms with Crippen molar-refractivity contribution in [3.63, 3.8) is 0 Å². The second-order valence-corrected chi connectivity index (χ2v) is 4.75. The van der Waals surface area contributed by atoms with Gasteiger partial charge in [0.05, 0.1) is 0 Å². The normalized spacial score (nSPS) is 27.5. The Labute approximate surface area is 76.7 Å². The molecule has 0 unspecified atom stereocenters. The monoisotopic (exact) mass is 165 g/mol. The molecule has 2 saturated carbocycles. The predicted octanol–water partition coefficient (Wildman–Crippen LogP) is 3.82. The summed E-state index contributed by atoms with van der Waals surface area (Å²) in [5.41, 5.74) is 0. The van der Waals surface area contributed by atoms with Crippen LogP contribution >= 0.6 is 0 Å². The first-order valence-electron chi connectivity index (χ1n) is 5.71. The standard InChI is InChI=1S/C12H21/c1-10(11-6-2-3-7-11)12-8-4-5-9-12/h10-12H,1-9H2. The Balaban J connectivity index is 1.84. The average molecular weight is 165 g/mol. The maximum Gasteiger partial charge on any atom is -0.0357 e. The van der Waals surface area contributed by atoms with Crippen molar-refractivity contribution in [2.24, 2.45) is 17.8 Å². The summed E-state index contributed by atoms with van der Waals surface area (Å²) in [6.07, 6.45) is 11.8. The second kappa shape index (κ2) is 3.81. The Morgan fingerprint density at radius 3 is 1.42 bits per heavy atom. The van der Waals surface area contributed by atoms with Crippen molar-refractivity contribution in [2.45, 2.75) is 51.4 Å². The van der Waals surface area contributed by atoms with Gasteiger partial charge in [0.1, 0.15) is 0 Å². The van der Waals surface area contributed by atoms with E-state index in [0.717, 1.165) is 17.8 Å². The third kappa shape index (κ3) is 1.67. The molecule has 0 bridgehead atoms. The van der Waals surface area contributed by atoms with E-state index in [1.807, 2.05) is 0 Å². The molecule has 2 aliphatic rings. The van der Waals surface area contributed by atoms with E-state index in [1.54, 1.807) is 0 Å². The summed E-state index contributed by atoms with van der Waals surface area (Å²) in [6.45, 7) is 4.40. The average Bonchev–Trinajstić information content (AvgIpc) is 2.77. The van der Waals surface area contributed by atoms with Crippen LogP contribution in [-0.2, 0) is 0 Å². The molecule has 0 heterocycles. The van der Waals surface area contributed by atoms with Crippen LogP contribution in [0.5, 0.6) is 0 Å². The van der Waals surface area contributed by atoms with Crippen molar-refractivity contribution in [2.75, 3.05) is 0 Å². The van der Waals surface area contributed by atoms with Gasteiger partial charge in [-0.05, 0) is 24.7 Å². The highest BCUT2D eigenvalue weighted by atomic mass is 14.3. The van der Waals surface area contributed by atoms with Gasteiger partial charge >= 0.3 is 0 Å². The molecule has 2 aliphatic carbocycles. The van der Waals surface area contributed by atoms with Crippen molar-refractivity contribution in [1.29, 1.82) is 0 Å². The largest absolute Gasteiger partial charge is 0.0530 e. The van der Waals surface area contributed by atoms with Gasteiger partial charge in [-0.25, -0.2) is 0 Å². The van der Waals surface area contributed by atoms with Gasteiger partial charge in [0.15, 0.2) is 0 Å². The van der Waals surface area contributed by atoms with E-state index in [2.05, 4.69) is 6.92 Å². The van der Waals surface area contributed by atoms with Gasteiger partial charge in [-0.3, -0.25) is 0 Å². The minimum Gasteiger partial charge on any atom is -0.0530 e. The van der Waals surface area contributed by atoms with Crippen molar-refractivity contribution in [3.05, 3.63) is 6.92 Å². The molecule has 1 radical (unpaired) electrons. The predicted molar refractivity (Wildman–Crippen MR) is 52.8 cm³/mol. The van der Waals surface area contributed by atoms with Crippen molar-refractivity contribution in [1.82, 2.24) is 0 Å². The zero-order chi connectivity index (χ0) is 8.39. The third-order valence-electron chi connectivity index (χ3n) is 4.01.